The molecule has 1 aliphatic heterocycles. The lowest BCUT2D eigenvalue weighted by molar-refractivity contribution is -0.0656. The molecule has 1 fully saturated rings. The molecule has 0 saturated carbocycles. The lowest BCUT2D eigenvalue weighted by atomic mass is 10.4. The fraction of sp³-hybridized carbons (Fsp3) is 0.667. The molecule has 1 aliphatic rings. The molecule has 2 nitrogen and oxygen atoms in total. The van der Waals surface area contributed by atoms with Gasteiger partial charge in [0.25, 0.3) is 0 Å². The zero-order chi connectivity index (χ0) is 6.74. The van der Waals surface area contributed by atoms with E-state index >= 15 is 0 Å². The van der Waals surface area contributed by atoms with E-state index in [0.29, 0.717) is 19.6 Å². The molecular formula is C6H9BrO2. The van der Waals surface area contributed by atoms with Crippen LogP contribution in [0.4, 0.5) is 0 Å². The smallest absolute Gasteiger partial charge is 0.230 e. The van der Waals surface area contributed by atoms with Crippen LogP contribution in [0.15, 0.2) is 12.7 Å². The topological polar surface area (TPSA) is 18.5 Å². The Labute approximate surface area is 63.0 Å². The van der Waals surface area contributed by atoms with E-state index in [1.165, 1.54) is 0 Å². The van der Waals surface area contributed by atoms with Crippen molar-refractivity contribution >= 4 is 15.9 Å². The predicted molar refractivity (Wildman–Crippen MR) is 38.4 cm³/mol. The van der Waals surface area contributed by atoms with Gasteiger partial charge in [-0.2, -0.15) is 0 Å². The summed E-state index contributed by atoms with van der Waals surface area (Å²) in [7, 11) is 0. The minimum atomic E-state index is -0.561. The Kier molecular flexibility index (Phi) is 2.27. The van der Waals surface area contributed by atoms with Crippen LogP contribution in [-0.2, 0) is 9.47 Å². The minimum absolute atomic E-state index is 0.561. The van der Waals surface area contributed by atoms with Crippen molar-refractivity contribution in [1.82, 2.24) is 0 Å². The van der Waals surface area contributed by atoms with Gasteiger partial charge in [0.05, 0.1) is 13.2 Å². The van der Waals surface area contributed by atoms with Crippen molar-refractivity contribution in [2.45, 2.75) is 11.1 Å². The molecule has 0 amide bonds. The van der Waals surface area contributed by atoms with Gasteiger partial charge in [-0.15, -0.1) is 6.58 Å². The average Bonchev–Trinajstić information content (AvgIpc) is 2.16. The summed E-state index contributed by atoms with van der Waals surface area (Å²) in [6, 6.07) is 0. The fourth-order valence-corrected chi connectivity index (χ4v) is 1.27. The van der Waals surface area contributed by atoms with Crippen molar-refractivity contribution < 1.29 is 9.47 Å². The Morgan fingerprint density at radius 1 is 1.56 bits per heavy atom. The molecule has 0 N–H and O–H groups in total. The number of rotatable bonds is 2. The lowest BCUT2D eigenvalue weighted by Gasteiger charge is -2.16. The van der Waals surface area contributed by atoms with Crippen molar-refractivity contribution in [2.24, 2.45) is 0 Å². The molecule has 1 saturated heterocycles. The maximum atomic E-state index is 5.20. The number of ether oxygens (including phenoxy) is 2. The second-order valence-corrected chi connectivity index (χ2v) is 3.06. The highest BCUT2D eigenvalue weighted by atomic mass is 79.9. The molecule has 0 aromatic heterocycles. The van der Waals surface area contributed by atoms with Crippen LogP contribution in [0, 0.1) is 0 Å². The quantitative estimate of drug-likeness (QED) is 0.490. The summed E-state index contributed by atoms with van der Waals surface area (Å²) in [6.07, 6.45) is 2.45. The van der Waals surface area contributed by atoms with Crippen molar-refractivity contribution in [2.75, 3.05) is 13.2 Å². The predicted octanol–water partition coefficient (Wildman–Crippen LogP) is 1.66. The summed E-state index contributed by atoms with van der Waals surface area (Å²) in [5.74, 6) is 0. The van der Waals surface area contributed by atoms with Crippen molar-refractivity contribution in [1.29, 1.82) is 0 Å². The van der Waals surface area contributed by atoms with Crippen LogP contribution in [0.5, 0.6) is 0 Å². The average molecular weight is 193 g/mol. The van der Waals surface area contributed by atoms with Crippen molar-refractivity contribution in [3.05, 3.63) is 12.7 Å². The lowest BCUT2D eigenvalue weighted by Crippen LogP contribution is -2.19. The van der Waals surface area contributed by atoms with Gasteiger partial charge < -0.3 is 9.47 Å². The molecule has 0 aromatic carbocycles. The van der Waals surface area contributed by atoms with E-state index in [0.717, 1.165) is 0 Å². The van der Waals surface area contributed by atoms with E-state index in [4.69, 9.17) is 9.47 Å². The van der Waals surface area contributed by atoms with E-state index in [9.17, 15) is 0 Å². The normalized spacial score (nSPS) is 24.1. The van der Waals surface area contributed by atoms with Gasteiger partial charge in [-0.1, -0.05) is 6.08 Å². The second-order valence-electron chi connectivity index (χ2n) is 1.85. The van der Waals surface area contributed by atoms with Gasteiger partial charge in [-0.3, -0.25) is 0 Å². The third-order valence-corrected chi connectivity index (χ3v) is 1.89. The summed E-state index contributed by atoms with van der Waals surface area (Å²) in [6.45, 7) is 4.91. The van der Waals surface area contributed by atoms with Crippen LogP contribution >= 0.6 is 15.9 Å². The number of hydrogen-bond donors (Lipinski definition) is 0. The molecule has 1 heterocycles. The van der Waals surface area contributed by atoms with E-state index in [2.05, 4.69) is 22.5 Å². The minimum Gasteiger partial charge on any atom is -0.338 e. The Morgan fingerprint density at radius 3 is 2.56 bits per heavy atom. The number of halogens is 1. The SMILES string of the molecule is C=CCC1(Br)OCCO1. The first-order valence-electron chi connectivity index (χ1n) is 2.84. The molecule has 9 heavy (non-hydrogen) atoms. The van der Waals surface area contributed by atoms with Gasteiger partial charge in [-0.05, 0) is 15.9 Å². The van der Waals surface area contributed by atoms with Gasteiger partial charge >= 0.3 is 0 Å². The van der Waals surface area contributed by atoms with Gasteiger partial charge in [0, 0.05) is 6.42 Å². The van der Waals surface area contributed by atoms with Crippen LogP contribution in [0.2, 0.25) is 0 Å². The van der Waals surface area contributed by atoms with E-state index in [-0.39, 0.29) is 0 Å². The summed E-state index contributed by atoms with van der Waals surface area (Å²) in [5, 5.41) is 0. The molecule has 0 unspecified atom stereocenters. The third kappa shape index (κ3) is 1.78. The number of alkyl halides is 1. The molecule has 0 aromatic rings. The van der Waals surface area contributed by atoms with E-state index in [1.807, 2.05) is 0 Å². The van der Waals surface area contributed by atoms with Gasteiger partial charge in [-0.25, -0.2) is 0 Å². The first-order valence-corrected chi connectivity index (χ1v) is 3.64. The molecule has 0 atom stereocenters. The Hall–Kier alpha value is 0.140. The monoisotopic (exact) mass is 192 g/mol. The van der Waals surface area contributed by atoms with Crippen LogP contribution in [0.3, 0.4) is 0 Å². The standard InChI is InChI=1S/C6H9BrO2/c1-2-3-6(7)8-4-5-9-6/h2H,1,3-5H2. The van der Waals surface area contributed by atoms with E-state index < -0.39 is 4.70 Å². The molecule has 52 valence electrons. The highest BCUT2D eigenvalue weighted by molar-refractivity contribution is 9.10. The first-order chi connectivity index (χ1) is 4.27. The molecule has 0 spiro atoms. The van der Waals surface area contributed by atoms with Gasteiger partial charge in [0.15, 0.2) is 0 Å². The van der Waals surface area contributed by atoms with Crippen LogP contribution < -0.4 is 0 Å². The van der Waals surface area contributed by atoms with Crippen molar-refractivity contribution in [3.8, 4) is 0 Å². The Morgan fingerprint density at radius 2 is 2.11 bits per heavy atom. The third-order valence-electron chi connectivity index (χ3n) is 1.11. The molecule has 0 aliphatic carbocycles. The maximum absolute atomic E-state index is 5.20. The first kappa shape index (κ1) is 7.25. The molecule has 1 rings (SSSR count). The maximum Gasteiger partial charge on any atom is 0.230 e. The Balaban J connectivity index is 2.40. The summed E-state index contributed by atoms with van der Waals surface area (Å²) < 4.78 is 9.85. The summed E-state index contributed by atoms with van der Waals surface area (Å²) in [5.41, 5.74) is 0. The summed E-state index contributed by atoms with van der Waals surface area (Å²) in [4.78, 5) is 0. The van der Waals surface area contributed by atoms with Crippen LogP contribution in [0.25, 0.3) is 0 Å². The van der Waals surface area contributed by atoms with Crippen LogP contribution in [-0.4, -0.2) is 17.9 Å². The highest BCUT2D eigenvalue weighted by Gasteiger charge is 2.31. The molecular weight excluding hydrogens is 184 g/mol. The summed E-state index contributed by atoms with van der Waals surface area (Å²) >= 11 is 3.29. The van der Waals surface area contributed by atoms with Crippen molar-refractivity contribution in [3.63, 3.8) is 0 Å². The number of hydrogen-bond acceptors (Lipinski definition) is 2. The molecule has 0 bridgehead atoms. The second kappa shape index (κ2) is 2.82. The van der Waals surface area contributed by atoms with Crippen LogP contribution in [0.1, 0.15) is 6.42 Å². The Bertz CT molecular complexity index is 108. The highest BCUT2D eigenvalue weighted by Crippen LogP contribution is 2.29. The van der Waals surface area contributed by atoms with Gasteiger partial charge in [0.1, 0.15) is 0 Å². The molecule has 3 heteroatoms. The zero-order valence-corrected chi connectivity index (χ0v) is 6.69. The molecule has 0 radical (unpaired) electrons. The zero-order valence-electron chi connectivity index (χ0n) is 5.10. The largest absolute Gasteiger partial charge is 0.338 e. The van der Waals surface area contributed by atoms with Gasteiger partial charge in [0.2, 0.25) is 4.70 Å². The fourth-order valence-electron chi connectivity index (χ4n) is 0.720. The van der Waals surface area contributed by atoms with E-state index in [1.54, 1.807) is 6.08 Å².